The molecule has 0 aliphatic heterocycles. The summed E-state index contributed by atoms with van der Waals surface area (Å²) >= 11 is 3.04. The van der Waals surface area contributed by atoms with Gasteiger partial charge in [-0.2, -0.15) is 13.2 Å². The van der Waals surface area contributed by atoms with E-state index in [0.717, 1.165) is 29.3 Å². The first-order chi connectivity index (χ1) is 14.5. The number of rotatable bonds is 6. The molecule has 0 fully saturated rings. The Morgan fingerprint density at radius 2 is 1.55 bits per heavy atom. The van der Waals surface area contributed by atoms with Crippen molar-refractivity contribution in [2.45, 2.75) is 17.7 Å². The lowest BCUT2D eigenvalue weighted by Crippen LogP contribution is -2.11. The highest BCUT2D eigenvalue weighted by Crippen LogP contribution is 2.33. The molecule has 0 aliphatic carbocycles. The number of benzene rings is 3. The van der Waals surface area contributed by atoms with E-state index in [1.165, 1.54) is 0 Å². The van der Waals surface area contributed by atoms with Gasteiger partial charge in [-0.15, -0.1) is 0 Å². The third kappa shape index (κ3) is 5.77. The summed E-state index contributed by atoms with van der Waals surface area (Å²) in [6, 6.07) is 17.2. The summed E-state index contributed by atoms with van der Waals surface area (Å²) in [5.41, 5.74) is 1.66. The average molecular weight is 511 g/mol. The number of alkyl halides is 3. The molecule has 0 aliphatic rings. The highest BCUT2D eigenvalue weighted by molar-refractivity contribution is 9.10. The van der Waals surface area contributed by atoms with Gasteiger partial charge in [-0.3, -0.25) is 0 Å². The van der Waals surface area contributed by atoms with Crippen molar-refractivity contribution in [1.82, 2.24) is 0 Å². The summed E-state index contributed by atoms with van der Waals surface area (Å²) in [7, 11) is -3.78. The zero-order chi connectivity index (χ0) is 22.8. The predicted molar refractivity (Wildman–Crippen MR) is 119 cm³/mol. The van der Waals surface area contributed by atoms with Crippen molar-refractivity contribution in [2.75, 3.05) is 0 Å². The number of hydrogen-bond donors (Lipinski definition) is 1. The highest BCUT2D eigenvalue weighted by Gasteiger charge is 2.31. The number of aliphatic hydroxyl groups excluding tert-OH is 1. The zero-order valence-corrected chi connectivity index (χ0v) is 18.6. The Labute approximate surface area is 186 Å². The monoisotopic (exact) mass is 510 g/mol. The number of aliphatic hydroxyl groups is 1. The van der Waals surface area contributed by atoms with E-state index in [-0.39, 0.29) is 15.8 Å². The summed E-state index contributed by atoms with van der Waals surface area (Å²) < 4.78 is 64.4. The molecule has 0 saturated carbocycles. The molecule has 0 atom stereocenters. The lowest BCUT2D eigenvalue weighted by Gasteiger charge is -2.13. The molecule has 0 bridgehead atoms. The number of halogens is 4. The molecule has 3 aromatic rings. The zero-order valence-electron chi connectivity index (χ0n) is 16.2. The molecule has 0 aromatic heterocycles. The predicted octanol–water partition coefficient (Wildman–Crippen LogP) is 6.78. The van der Waals surface area contributed by atoms with Gasteiger partial charge in [0.1, 0.15) is 5.76 Å². The minimum absolute atomic E-state index is 0.0655. The Hall–Kier alpha value is -2.58. The van der Waals surface area contributed by atoms with Crippen LogP contribution in [-0.2, 0) is 27.5 Å². The van der Waals surface area contributed by atoms with Gasteiger partial charge in [0.05, 0.1) is 17.1 Å². The van der Waals surface area contributed by atoms with Crippen LogP contribution in [0.4, 0.5) is 13.2 Å². The molecule has 0 unspecified atom stereocenters. The fraction of sp³-hybridized carbons (Fsp3) is 0.130. The van der Waals surface area contributed by atoms with Crippen LogP contribution in [0.2, 0.25) is 0 Å². The van der Waals surface area contributed by atoms with Gasteiger partial charge < -0.3 is 5.11 Å². The van der Waals surface area contributed by atoms with E-state index in [1.807, 2.05) is 30.3 Å². The van der Waals surface area contributed by atoms with Crippen LogP contribution in [0.1, 0.15) is 22.3 Å². The molecule has 3 nitrogen and oxygen atoms in total. The average Bonchev–Trinajstić information content (AvgIpc) is 2.68. The standard InChI is InChI=1S/C23H18BrF3O3S/c1-15(28)21-10-8-17(16-5-3-2-4-6-16)11-19(21)14-31(29,30)13-18-7-9-20(12-22(18)24)23(25,26)27/h2-12,28H,1,13-14H2. The molecule has 31 heavy (non-hydrogen) atoms. The van der Waals surface area contributed by atoms with E-state index >= 15 is 0 Å². The van der Waals surface area contributed by atoms with Gasteiger partial charge in [-0.1, -0.05) is 71.0 Å². The molecule has 0 saturated heterocycles. The summed E-state index contributed by atoms with van der Waals surface area (Å²) in [6.45, 7) is 3.50. The molecule has 1 N–H and O–H groups in total. The van der Waals surface area contributed by atoms with Crippen LogP contribution in [0.25, 0.3) is 16.9 Å². The molecule has 0 heterocycles. The van der Waals surface area contributed by atoms with E-state index in [4.69, 9.17) is 0 Å². The summed E-state index contributed by atoms with van der Waals surface area (Å²) in [6.07, 6.45) is -4.52. The van der Waals surface area contributed by atoms with E-state index in [1.54, 1.807) is 18.2 Å². The lowest BCUT2D eigenvalue weighted by molar-refractivity contribution is -0.137. The maximum Gasteiger partial charge on any atom is 0.416 e. The highest BCUT2D eigenvalue weighted by atomic mass is 79.9. The second-order valence-corrected chi connectivity index (χ2v) is 9.94. The van der Waals surface area contributed by atoms with Crippen molar-refractivity contribution in [2.24, 2.45) is 0 Å². The second kappa shape index (κ2) is 8.88. The topological polar surface area (TPSA) is 54.4 Å². The molecule has 8 heteroatoms. The number of hydrogen-bond acceptors (Lipinski definition) is 3. The third-order valence-corrected chi connectivity index (χ3v) is 6.89. The Morgan fingerprint density at radius 1 is 0.903 bits per heavy atom. The normalized spacial score (nSPS) is 12.0. The van der Waals surface area contributed by atoms with Crippen molar-refractivity contribution >= 4 is 31.5 Å². The number of sulfone groups is 1. The SMILES string of the molecule is C=C(O)c1ccc(-c2ccccc2)cc1CS(=O)(=O)Cc1ccc(C(F)(F)F)cc1Br. The Balaban J connectivity index is 1.92. The van der Waals surface area contributed by atoms with Crippen LogP contribution in [-0.4, -0.2) is 13.5 Å². The van der Waals surface area contributed by atoms with Crippen LogP contribution in [0.15, 0.2) is 77.8 Å². The van der Waals surface area contributed by atoms with Crippen molar-refractivity contribution < 1.29 is 26.7 Å². The third-order valence-electron chi connectivity index (χ3n) is 4.65. The Bertz CT molecular complexity index is 1220. The van der Waals surface area contributed by atoms with Crippen LogP contribution in [0, 0.1) is 0 Å². The summed E-state index contributed by atoms with van der Waals surface area (Å²) in [5, 5.41) is 9.90. The van der Waals surface area contributed by atoms with Gasteiger partial charge in [0.2, 0.25) is 0 Å². The van der Waals surface area contributed by atoms with E-state index in [0.29, 0.717) is 11.1 Å². The van der Waals surface area contributed by atoms with Crippen molar-refractivity contribution in [3.63, 3.8) is 0 Å². The summed E-state index contributed by atoms with van der Waals surface area (Å²) in [4.78, 5) is 0. The molecule has 0 spiro atoms. The van der Waals surface area contributed by atoms with Crippen LogP contribution >= 0.6 is 15.9 Å². The molecule has 3 aromatic carbocycles. The second-order valence-electron chi connectivity index (χ2n) is 7.02. The van der Waals surface area contributed by atoms with Crippen molar-refractivity contribution in [1.29, 1.82) is 0 Å². The van der Waals surface area contributed by atoms with E-state index < -0.39 is 33.1 Å². The molecule has 162 valence electrons. The molecule has 0 radical (unpaired) electrons. The Kier molecular flexibility index (Phi) is 6.62. The maximum atomic E-state index is 12.9. The quantitative estimate of drug-likeness (QED) is 0.372. The molecule has 3 rings (SSSR count). The minimum Gasteiger partial charge on any atom is -0.508 e. The van der Waals surface area contributed by atoms with Crippen LogP contribution < -0.4 is 0 Å². The molecular formula is C23H18BrF3O3S. The lowest BCUT2D eigenvalue weighted by atomic mass is 9.99. The van der Waals surface area contributed by atoms with Crippen molar-refractivity contribution in [3.05, 3.63) is 100 Å². The van der Waals surface area contributed by atoms with E-state index in [2.05, 4.69) is 22.5 Å². The van der Waals surface area contributed by atoms with Gasteiger partial charge in [-0.05, 0) is 40.5 Å². The minimum atomic E-state index is -4.52. The van der Waals surface area contributed by atoms with Crippen LogP contribution in [0.3, 0.4) is 0 Å². The fourth-order valence-corrected chi connectivity index (χ4v) is 5.42. The van der Waals surface area contributed by atoms with E-state index in [9.17, 15) is 26.7 Å². The summed E-state index contributed by atoms with van der Waals surface area (Å²) in [5.74, 6) is -1.13. The van der Waals surface area contributed by atoms with Gasteiger partial charge in [-0.25, -0.2) is 8.42 Å². The first-order valence-corrected chi connectivity index (χ1v) is 11.7. The Morgan fingerprint density at radius 3 is 2.13 bits per heavy atom. The first kappa shape index (κ1) is 23.1. The molecular weight excluding hydrogens is 493 g/mol. The van der Waals surface area contributed by atoms with Gasteiger partial charge >= 0.3 is 6.18 Å². The van der Waals surface area contributed by atoms with Gasteiger partial charge in [0.15, 0.2) is 9.84 Å². The molecule has 0 amide bonds. The van der Waals surface area contributed by atoms with Gasteiger partial charge in [0, 0.05) is 10.0 Å². The van der Waals surface area contributed by atoms with Gasteiger partial charge in [0.25, 0.3) is 0 Å². The maximum absolute atomic E-state index is 12.9. The van der Waals surface area contributed by atoms with Crippen LogP contribution in [0.5, 0.6) is 0 Å². The smallest absolute Gasteiger partial charge is 0.416 e. The largest absolute Gasteiger partial charge is 0.508 e. The fourth-order valence-electron chi connectivity index (χ4n) is 3.17. The van der Waals surface area contributed by atoms with Crippen molar-refractivity contribution in [3.8, 4) is 11.1 Å². The first-order valence-electron chi connectivity index (χ1n) is 9.09.